The first kappa shape index (κ1) is 95.5. The number of allylic oxidation sites excluding steroid dienone is 4. The Labute approximate surface area is 599 Å². The number of hydrogen-bond donors (Lipinski definition) is 3. The van der Waals surface area contributed by atoms with E-state index >= 15 is 0 Å². The second-order valence-corrected chi connectivity index (χ2v) is 31.6. The van der Waals surface area contributed by atoms with Crippen molar-refractivity contribution in [3.63, 3.8) is 0 Å². The molecule has 0 spiro atoms. The summed E-state index contributed by atoms with van der Waals surface area (Å²) in [4.78, 5) is 72.8. The molecule has 0 saturated heterocycles. The van der Waals surface area contributed by atoms with Crippen LogP contribution in [0, 0.1) is 17.8 Å². The average molecular weight is 1430 g/mol. The summed E-state index contributed by atoms with van der Waals surface area (Å²) in [6, 6.07) is 0. The van der Waals surface area contributed by atoms with E-state index in [4.69, 9.17) is 37.0 Å². The van der Waals surface area contributed by atoms with Gasteiger partial charge >= 0.3 is 39.5 Å². The normalized spacial score (nSPS) is 14.7. The number of unbranched alkanes of at least 4 members (excludes halogenated alkanes) is 38. The summed E-state index contributed by atoms with van der Waals surface area (Å²) < 4.78 is 68.5. The summed E-state index contributed by atoms with van der Waals surface area (Å²) in [5.41, 5.74) is 0. The lowest BCUT2D eigenvalue weighted by Gasteiger charge is -2.21. The maximum Gasteiger partial charge on any atom is 0.472 e. The maximum absolute atomic E-state index is 13.1. The number of phosphoric acid groups is 2. The van der Waals surface area contributed by atoms with Gasteiger partial charge in [-0.1, -0.05) is 330 Å². The predicted octanol–water partition coefficient (Wildman–Crippen LogP) is 22.9. The number of rotatable bonds is 75. The van der Waals surface area contributed by atoms with Gasteiger partial charge in [0.25, 0.3) is 0 Å². The zero-order valence-electron chi connectivity index (χ0n) is 63.7. The van der Waals surface area contributed by atoms with Crippen LogP contribution in [0.2, 0.25) is 0 Å². The van der Waals surface area contributed by atoms with E-state index in [0.29, 0.717) is 25.7 Å². The number of ether oxygens (including phenoxy) is 4. The molecular formula is C79H150O17P2. The number of phosphoric ester groups is 2. The number of hydrogen-bond acceptors (Lipinski definition) is 15. The lowest BCUT2D eigenvalue weighted by molar-refractivity contribution is -0.161. The van der Waals surface area contributed by atoms with E-state index in [2.05, 4.69) is 72.8 Å². The average Bonchev–Trinajstić information content (AvgIpc) is 1.03. The topological polar surface area (TPSA) is 237 Å². The third-order valence-electron chi connectivity index (χ3n) is 18.5. The van der Waals surface area contributed by atoms with Gasteiger partial charge in [0.05, 0.1) is 26.4 Å². The molecule has 17 nitrogen and oxygen atoms in total. The van der Waals surface area contributed by atoms with Gasteiger partial charge in [0.15, 0.2) is 12.2 Å². The standard InChI is InChI=1S/C79H150O17P2/c1-8-11-12-13-14-15-16-17-22-27-30-33-40-48-55-62-78(83)95-74(66-89-76(81)60-53-46-38-32-29-26-24-21-19-18-20-23-25-28-31-37-44-51-58-71(6)9-2)68-93-97(85,86)91-64-73(80)65-92-98(87,88)94-69-75(96-79(84)63-56-49-42-41-45-52-59-72(7)10-3)67-90-77(82)61-54-47-39-35-34-36-43-50-57-70(4)5/h15-17,22,70-75,80H,8-14,18-21,23-69H2,1-7H3,(H,85,86)(H,87,88)/b16-15-,22-17-/t71?,72?,73?,74-,75-/m1/s1. The fourth-order valence-corrected chi connectivity index (χ4v) is 13.1. The summed E-state index contributed by atoms with van der Waals surface area (Å²) in [5.74, 6) is 0.166. The molecule has 0 saturated carbocycles. The first-order valence-corrected chi connectivity index (χ1v) is 43.2. The molecular weight excluding hydrogens is 1280 g/mol. The highest BCUT2D eigenvalue weighted by Crippen LogP contribution is 2.45. The van der Waals surface area contributed by atoms with Crippen LogP contribution in [-0.4, -0.2) is 96.7 Å². The number of aliphatic hydroxyl groups excluding tert-OH is 1. The van der Waals surface area contributed by atoms with Crippen molar-refractivity contribution < 1.29 is 80.2 Å². The molecule has 0 aromatic rings. The fraction of sp³-hybridized carbons (Fsp3) is 0.899. The lowest BCUT2D eigenvalue weighted by Crippen LogP contribution is -2.30. The molecule has 0 aliphatic heterocycles. The SMILES string of the molecule is CCCCCC/C=C\C=C/CCCCCCCC(=O)O[C@H](COC(=O)CCCCCCCCCCCCCCCCCCCCC(C)CC)COP(=O)(O)OCC(O)COP(=O)(O)OC[C@@H](COC(=O)CCCCCCCCCCC(C)C)OC(=O)CCCCCCCCC(C)CC. The molecule has 7 atom stereocenters. The largest absolute Gasteiger partial charge is 0.472 e. The molecule has 0 aliphatic rings. The summed E-state index contributed by atoms with van der Waals surface area (Å²) in [7, 11) is -9.93. The minimum atomic E-state index is -4.97. The summed E-state index contributed by atoms with van der Waals surface area (Å²) >= 11 is 0. The van der Waals surface area contributed by atoms with Gasteiger partial charge in [-0.2, -0.15) is 0 Å². The maximum atomic E-state index is 13.1. The van der Waals surface area contributed by atoms with E-state index in [0.717, 1.165) is 120 Å². The molecule has 98 heavy (non-hydrogen) atoms. The van der Waals surface area contributed by atoms with Crippen LogP contribution in [0.3, 0.4) is 0 Å². The second kappa shape index (κ2) is 68.9. The monoisotopic (exact) mass is 1430 g/mol. The van der Waals surface area contributed by atoms with Gasteiger partial charge < -0.3 is 33.8 Å². The summed E-state index contributed by atoms with van der Waals surface area (Å²) in [6.07, 6.45) is 59.3. The Morgan fingerprint density at radius 2 is 0.602 bits per heavy atom. The molecule has 0 rings (SSSR count). The van der Waals surface area contributed by atoms with Crippen LogP contribution >= 0.6 is 15.6 Å². The van der Waals surface area contributed by atoms with Gasteiger partial charge in [-0.25, -0.2) is 9.13 Å². The molecule has 0 fully saturated rings. The van der Waals surface area contributed by atoms with E-state index in [9.17, 15) is 43.2 Å². The van der Waals surface area contributed by atoms with E-state index in [1.165, 1.54) is 180 Å². The molecule has 0 heterocycles. The van der Waals surface area contributed by atoms with E-state index in [-0.39, 0.29) is 25.7 Å². The highest BCUT2D eigenvalue weighted by molar-refractivity contribution is 7.47. The molecule has 3 N–H and O–H groups in total. The number of carbonyl (C=O) groups is 4. The first-order chi connectivity index (χ1) is 47.3. The third kappa shape index (κ3) is 69.3. The fourth-order valence-electron chi connectivity index (χ4n) is 11.5. The van der Waals surface area contributed by atoms with Crippen molar-refractivity contribution in [2.45, 2.75) is 401 Å². The Bertz CT molecular complexity index is 2000. The van der Waals surface area contributed by atoms with Crippen molar-refractivity contribution in [3.8, 4) is 0 Å². The molecule has 0 radical (unpaired) electrons. The Morgan fingerprint density at radius 3 is 0.908 bits per heavy atom. The third-order valence-corrected chi connectivity index (χ3v) is 20.4. The Balaban J connectivity index is 5.21. The Hall–Kier alpha value is -2.46. The molecule has 19 heteroatoms. The van der Waals surface area contributed by atoms with Crippen molar-refractivity contribution in [1.82, 2.24) is 0 Å². The van der Waals surface area contributed by atoms with Gasteiger partial charge in [-0.3, -0.25) is 37.3 Å². The minimum Gasteiger partial charge on any atom is -0.462 e. The lowest BCUT2D eigenvalue weighted by atomic mass is 9.99. The van der Waals surface area contributed by atoms with Crippen molar-refractivity contribution in [3.05, 3.63) is 24.3 Å². The van der Waals surface area contributed by atoms with Gasteiger partial charge in [0, 0.05) is 25.7 Å². The summed E-state index contributed by atoms with van der Waals surface area (Å²) in [6.45, 7) is 11.8. The first-order valence-electron chi connectivity index (χ1n) is 40.2. The highest BCUT2D eigenvalue weighted by atomic mass is 31.2. The molecule has 578 valence electrons. The molecule has 0 bridgehead atoms. The van der Waals surface area contributed by atoms with Crippen molar-refractivity contribution in [1.29, 1.82) is 0 Å². The van der Waals surface area contributed by atoms with Crippen LogP contribution < -0.4 is 0 Å². The van der Waals surface area contributed by atoms with Crippen LogP contribution in [-0.2, 0) is 65.4 Å². The van der Waals surface area contributed by atoms with E-state index in [1.807, 2.05) is 0 Å². The van der Waals surface area contributed by atoms with Crippen LogP contribution in [0.1, 0.15) is 382 Å². The van der Waals surface area contributed by atoms with Crippen LogP contribution in [0.5, 0.6) is 0 Å². The van der Waals surface area contributed by atoms with Crippen LogP contribution in [0.15, 0.2) is 24.3 Å². The van der Waals surface area contributed by atoms with Crippen molar-refractivity contribution >= 4 is 39.5 Å². The van der Waals surface area contributed by atoms with Crippen LogP contribution in [0.4, 0.5) is 0 Å². The molecule has 0 aromatic heterocycles. The number of carbonyl (C=O) groups excluding carboxylic acids is 4. The van der Waals surface area contributed by atoms with Gasteiger partial charge in [-0.15, -0.1) is 0 Å². The van der Waals surface area contributed by atoms with Crippen molar-refractivity contribution in [2.24, 2.45) is 17.8 Å². The van der Waals surface area contributed by atoms with Crippen molar-refractivity contribution in [2.75, 3.05) is 39.6 Å². The van der Waals surface area contributed by atoms with Gasteiger partial charge in [-0.05, 0) is 69.1 Å². The quantitative estimate of drug-likeness (QED) is 0.0169. The molecule has 5 unspecified atom stereocenters. The Kier molecular flexibility index (Phi) is 67.2. The van der Waals surface area contributed by atoms with Gasteiger partial charge in [0.1, 0.15) is 19.3 Å². The predicted molar refractivity (Wildman–Crippen MR) is 400 cm³/mol. The van der Waals surface area contributed by atoms with Crippen LogP contribution in [0.25, 0.3) is 0 Å². The smallest absolute Gasteiger partial charge is 0.462 e. The molecule has 0 amide bonds. The zero-order valence-corrected chi connectivity index (χ0v) is 65.5. The second-order valence-electron chi connectivity index (χ2n) is 28.7. The molecule has 0 aliphatic carbocycles. The number of esters is 4. The highest BCUT2D eigenvalue weighted by Gasteiger charge is 2.30. The van der Waals surface area contributed by atoms with E-state index < -0.39 is 97.5 Å². The zero-order chi connectivity index (χ0) is 72.3. The van der Waals surface area contributed by atoms with E-state index in [1.54, 1.807) is 0 Å². The Morgan fingerprint density at radius 1 is 0.337 bits per heavy atom. The summed E-state index contributed by atoms with van der Waals surface area (Å²) in [5, 5.41) is 10.6. The van der Waals surface area contributed by atoms with Gasteiger partial charge in [0.2, 0.25) is 0 Å². The number of aliphatic hydroxyl groups is 1. The minimum absolute atomic E-state index is 0.0851. The molecule has 0 aromatic carbocycles.